The number of nitrogens with one attached hydrogen (secondary N) is 2. The van der Waals surface area contributed by atoms with Crippen LogP contribution < -0.4 is 10.6 Å². The average molecular weight is 416 g/mol. The van der Waals surface area contributed by atoms with E-state index in [0.717, 1.165) is 45.4 Å². The molecule has 1 fully saturated rings. The van der Waals surface area contributed by atoms with E-state index < -0.39 is 0 Å². The van der Waals surface area contributed by atoms with Crippen molar-refractivity contribution in [2.24, 2.45) is 10.9 Å². The van der Waals surface area contributed by atoms with Gasteiger partial charge in [-0.15, -0.1) is 0 Å². The molecule has 0 radical (unpaired) electrons. The molecule has 1 saturated heterocycles. The number of aromatic nitrogens is 3. The second-order valence-corrected chi connectivity index (χ2v) is 7.59. The summed E-state index contributed by atoms with van der Waals surface area (Å²) in [5, 5.41) is 10.7. The minimum Gasteiger partial charge on any atom is -0.379 e. The third kappa shape index (κ3) is 6.50. The molecule has 0 amide bonds. The molecular weight excluding hydrogens is 382 g/mol. The van der Waals surface area contributed by atoms with E-state index >= 15 is 0 Å². The molecule has 0 bridgehead atoms. The van der Waals surface area contributed by atoms with E-state index in [1.807, 2.05) is 18.2 Å². The minimum atomic E-state index is 0.405. The Labute approximate surface area is 178 Å². The molecule has 30 heavy (non-hydrogen) atoms. The number of morpholine rings is 1. The van der Waals surface area contributed by atoms with Crippen LogP contribution >= 0.6 is 0 Å². The molecule has 3 heterocycles. The monoisotopic (exact) mass is 415 g/mol. The maximum Gasteiger partial charge on any atom is 0.276 e. The molecule has 0 aromatic carbocycles. The first-order valence-electron chi connectivity index (χ1n) is 10.7. The summed E-state index contributed by atoms with van der Waals surface area (Å²) in [5.74, 6) is 2.42. The molecule has 9 heteroatoms. The largest absolute Gasteiger partial charge is 0.379 e. The lowest BCUT2D eigenvalue weighted by Gasteiger charge is -2.36. The molecule has 3 rings (SSSR count). The summed E-state index contributed by atoms with van der Waals surface area (Å²) in [6.45, 7) is 12.3. The van der Waals surface area contributed by atoms with Crippen molar-refractivity contribution in [2.75, 3.05) is 45.9 Å². The Kier molecular flexibility index (Phi) is 8.58. The van der Waals surface area contributed by atoms with Crippen molar-refractivity contribution >= 4 is 5.96 Å². The highest BCUT2D eigenvalue weighted by Crippen LogP contribution is 2.14. The van der Waals surface area contributed by atoms with Crippen LogP contribution in [0.2, 0.25) is 0 Å². The highest BCUT2D eigenvalue weighted by molar-refractivity contribution is 5.79. The average Bonchev–Trinajstić information content (AvgIpc) is 3.24. The zero-order valence-corrected chi connectivity index (χ0v) is 18.2. The quantitative estimate of drug-likeness (QED) is 0.470. The number of hydrogen-bond acceptors (Lipinski definition) is 7. The van der Waals surface area contributed by atoms with Crippen molar-refractivity contribution in [3.8, 4) is 11.6 Å². The maximum atomic E-state index is 5.49. The molecule has 0 aliphatic carbocycles. The number of pyridine rings is 1. The Hall–Kier alpha value is -2.52. The third-order valence-electron chi connectivity index (χ3n) is 5.06. The predicted molar refractivity (Wildman–Crippen MR) is 116 cm³/mol. The van der Waals surface area contributed by atoms with Gasteiger partial charge in [-0.2, -0.15) is 4.98 Å². The van der Waals surface area contributed by atoms with Crippen molar-refractivity contribution in [1.29, 1.82) is 0 Å². The Bertz CT molecular complexity index is 773. The number of ether oxygens (including phenoxy) is 1. The van der Waals surface area contributed by atoms with E-state index in [9.17, 15) is 0 Å². The van der Waals surface area contributed by atoms with Crippen molar-refractivity contribution in [3.05, 3.63) is 30.2 Å². The SMILES string of the molecule is CCNC(=NCC(C(C)C)N1CCOCC1)NCCc1noc(-c2ccccn2)n1. The van der Waals surface area contributed by atoms with Crippen molar-refractivity contribution in [2.45, 2.75) is 33.2 Å². The number of hydrogen-bond donors (Lipinski definition) is 2. The summed E-state index contributed by atoms with van der Waals surface area (Å²) < 4.78 is 10.8. The van der Waals surface area contributed by atoms with E-state index in [2.05, 4.69) is 51.4 Å². The third-order valence-corrected chi connectivity index (χ3v) is 5.06. The number of rotatable bonds is 9. The van der Waals surface area contributed by atoms with Crippen molar-refractivity contribution < 1.29 is 9.26 Å². The molecule has 2 N–H and O–H groups in total. The fraction of sp³-hybridized carbons (Fsp3) is 0.619. The Balaban J connectivity index is 1.52. The normalized spacial score (nSPS) is 16.6. The van der Waals surface area contributed by atoms with Crippen LogP contribution in [-0.4, -0.2) is 78.0 Å². The summed E-state index contributed by atoms with van der Waals surface area (Å²) in [5.41, 5.74) is 0.682. The predicted octanol–water partition coefficient (Wildman–Crippen LogP) is 1.59. The molecular formula is C21H33N7O2. The Morgan fingerprint density at radius 1 is 1.23 bits per heavy atom. The van der Waals surface area contributed by atoms with Crippen LogP contribution in [0.25, 0.3) is 11.6 Å². The molecule has 2 aromatic rings. The van der Waals surface area contributed by atoms with Gasteiger partial charge in [-0.3, -0.25) is 14.9 Å². The smallest absolute Gasteiger partial charge is 0.276 e. The van der Waals surface area contributed by atoms with E-state index in [-0.39, 0.29) is 0 Å². The van der Waals surface area contributed by atoms with Gasteiger partial charge in [-0.25, -0.2) is 0 Å². The summed E-state index contributed by atoms with van der Waals surface area (Å²) >= 11 is 0. The van der Waals surface area contributed by atoms with Gasteiger partial charge >= 0.3 is 0 Å². The molecule has 1 unspecified atom stereocenters. The molecule has 9 nitrogen and oxygen atoms in total. The first kappa shape index (κ1) is 22.2. The summed E-state index contributed by atoms with van der Waals surface area (Å²) in [7, 11) is 0. The van der Waals surface area contributed by atoms with Gasteiger partial charge in [-0.1, -0.05) is 25.1 Å². The molecule has 1 aliphatic rings. The molecule has 164 valence electrons. The van der Waals surface area contributed by atoms with Crippen LogP contribution in [0.3, 0.4) is 0 Å². The number of guanidine groups is 1. The van der Waals surface area contributed by atoms with Crippen LogP contribution in [0, 0.1) is 5.92 Å². The highest BCUT2D eigenvalue weighted by atomic mass is 16.5. The second-order valence-electron chi connectivity index (χ2n) is 7.59. The van der Waals surface area contributed by atoms with Gasteiger partial charge in [0.15, 0.2) is 11.8 Å². The Morgan fingerprint density at radius 2 is 2.07 bits per heavy atom. The van der Waals surface area contributed by atoms with Gasteiger partial charge in [-0.05, 0) is 25.0 Å². The van der Waals surface area contributed by atoms with Gasteiger partial charge in [0.25, 0.3) is 5.89 Å². The summed E-state index contributed by atoms with van der Waals surface area (Å²) in [4.78, 5) is 16.0. The van der Waals surface area contributed by atoms with Gasteiger partial charge in [0.05, 0.1) is 19.8 Å². The number of nitrogens with zero attached hydrogens (tertiary/aromatic N) is 5. The fourth-order valence-electron chi connectivity index (χ4n) is 3.43. The van der Waals surface area contributed by atoms with Crippen LogP contribution in [0.4, 0.5) is 0 Å². The summed E-state index contributed by atoms with van der Waals surface area (Å²) in [6, 6.07) is 6.01. The van der Waals surface area contributed by atoms with Gasteiger partial charge in [0.1, 0.15) is 5.69 Å². The lowest BCUT2D eigenvalue weighted by Crippen LogP contribution is -2.48. The van der Waals surface area contributed by atoms with Crippen LogP contribution in [0.15, 0.2) is 33.9 Å². The zero-order valence-electron chi connectivity index (χ0n) is 18.2. The van der Waals surface area contributed by atoms with Crippen LogP contribution in [0.1, 0.15) is 26.6 Å². The summed E-state index contributed by atoms with van der Waals surface area (Å²) in [6.07, 6.45) is 2.35. The van der Waals surface area contributed by atoms with Gasteiger partial charge in [0, 0.05) is 44.8 Å². The molecule has 0 spiro atoms. The number of aliphatic imine (C=N–C) groups is 1. The highest BCUT2D eigenvalue weighted by Gasteiger charge is 2.23. The minimum absolute atomic E-state index is 0.405. The lowest BCUT2D eigenvalue weighted by molar-refractivity contribution is 0.00867. The van der Waals surface area contributed by atoms with Crippen molar-refractivity contribution in [1.82, 2.24) is 30.7 Å². The molecule has 1 atom stereocenters. The second kappa shape index (κ2) is 11.6. The molecule has 1 aliphatic heterocycles. The molecule has 0 saturated carbocycles. The van der Waals surface area contributed by atoms with Crippen molar-refractivity contribution in [3.63, 3.8) is 0 Å². The standard InChI is InChI=1S/C21H33N7O2/c1-4-22-21(25-15-18(16(2)3)28-11-13-29-14-12-28)24-10-8-19-26-20(30-27-19)17-7-5-6-9-23-17/h5-7,9,16,18H,4,8,10-15H2,1-3H3,(H2,22,24,25). The lowest BCUT2D eigenvalue weighted by atomic mass is 10.0. The first-order valence-corrected chi connectivity index (χ1v) is 10.7. The van der Waals surface area contributed by atoms with Crippen LogP contribution in [0.5, 0.6) is 0 Å². The molecule has 2 aromatic heterocycles. The van der Waals surface area contributed by atoms with E-state index in [0.29, 0.717) is 42.3 Å². The zero-order chi connectivity index (χ0) is 21.2. The first-order chi connectivity index (χ1) is 14.7. The topological polar surface area (TPSA) is 101 Å². The van der Waals surface area contributed by atoms with Gasteiger partial charge < -0.3 is 19.9 Å². The van der Waals surface area contributed by atoms with Gasteiger partial charge in [0.2, 0.25) is 0 Å². The van der Waals surface area contributed by atoms with Crippen LogP contribution in [-0.2, 0) is 11.2 Å². The maximum absolute atomic E-state index is 5.49. The van der Waals surface area contributed by atoms with E-state index in [4.69, 9.17) is 14.3 Å². The van der Waals surface area contributed by atoms with E-state index in [1.165, 1.54) is 0 Å². The fourth-order valence-corrected chi connectivity index (χ4v) is 3.43. The Morgan fingerprint density at radius 3 is 2.77 bits per heavy atom. The van der Waals surface area contributed by atoms with E-state index in [1.54, 1.807) is 6.20 Å².